The lowest BCUT2D eigenvalue weighted by molar-refractivity contribution is -0.384. The molecule has 174 valence electrons. The molecule has 0 aromatic heterocycles. The van der Waals surface area contributed by atoms with Crippen LogP contribution in [-0.2, 0) is 13.2 Å². The number of hydrogen-bond acceptors (Lipinski definition) is 5. The maximum Gasteiger partial charge on any atom is 0.269 e. The number of anilines is 1. The number of nitrogens with zero attached hydrogens (tertiary/aromatic N) is 1. The molecular formula is C26H22F2N2O4. The van der Waals surface area contributed by atoms with Crippen molar-refractivity contribution >= 4 is 11.4 Å². The van der Waals surface area contributed by atoms with E-state index in [4.69, 9.17) is 15.2 Å². The Bertz CT molecular complexity index is 1140. The standard InChI is InChI=1S/C13H10FNO3.C13H12FNO/c14-11-3-1-10(2-4-11)9-18-13-7-5-12(6-8-13)15(16)17;14-11-3-1-10(2-4-11)9-16-13-7-5-12(15)6-8-13/h1-8H,9H2;1-8H,9,15H2. The summed E-state index contributed by atoms with van der Waals surface area (Å²) in [6.45, 7) is 0.711. The second kappa shape index (κ2) is 12.0. The summed E-state index contributed by atoms with van der Waals surface area (Å²) in [6, 6.07) is 25.2. The van der Waals surface area contributed by atoms with Crippen molar-refractivity contribution in [2.75, 3.05) is 5.73 Å². The highest BCUT2D eigenvalue weighted by Gasteiger charge is 2.04. The molecule has 6 nitrogen and oxygen atoms in total. The Morgan fingerprint density at radius 1 is 0.647 bits per heavy atom. The first kappa shape index (κ1) is 24.2. The zero-order valence-electron chi connectivity index (χ0n) is 18.1. The van der Waals surface area contributed by atoms with Gasteiger partial charge in [0.15, 0.2) is 0 Å². The van der Waals surface area contributed by atoms with Crippen molar-refractivity contribution in [2.45, 2.75) is 13.2 Å². The maximum atomic E-state index is 12.7. The van der Waals surface area contributed by atoms with Gasteiger partial charge in [0.05, 0.1) is 4.92 Å². The van der Waals surface area contributed by atoms with Crippen LogP contribution in [-0.4, -0.2) is 4.92 Å². The molecule has 0 fully saturated rings. The molecule has 0 heterocycles. The summed E-state index contributed by atoms with van der Waals surface area (Å²) < 4.78 is 36.2. The fraction of sp³-hybridized carbons (Fsp3) is 0.0769. The van der Waals surface area contributed by atoms with E-state index in [0.29, 0.717) is 18.0 Å². The van der Waals surface area contributed by atoms with Crippen molar-refractivity contribution < 1.29 is 23.2 Å². The average molecular weight is 464 g/mol. The van der Waals surface area contributed by atoms with Crippen molar-refractivity contribution in [3.63, 3.8) is 0 Å². The number of hydrogen-bond donors (Lipinski definition) is 1. The minimum Gasteiger partial charge on any atom is -0.489 e. The van der Waals surface area contributed by atoms with Gasteiger partial charge in [-0.1, -0.05) is 24.3 Å². The van der Waals surface area contributed by atoms with Gasteiger partial charge in [0.2, 0.25) is 0 Å². The molecule has 0 unspecified atom stereocenters. The molecule has 4 aromatic rings. The number of nitrogens with two attached hydrogens (primary N) is 1. The number of nitrogen functional groups attached to an aromatic ring is 1. The molecule has 0 aliphatic heterocycles. The third-order valence-corrected chi connectivity index (χ3v) is 4.57. The van der Waals surface area contributed by atoms with Crippen LogP contribution < -0.4 is 15.2 Å². The molecule has 0 saturated carbocycles. The van der Waals surface area contributed by atoms with Crippen molar-refractivity contribution in [2.24, 2.45) is 0 Å². The predicted molar refractivity (Wildman–Crippen MR) is 125 cm³/mol. The minimum absolute atomic E-state index is 0.0177. The highest BCUT2D eigenvalue weighted by molar-refractivity contribution is 5.41. The summed E-state index contributed by atoms with van der Waals surface area (Å²) in [7, 11) is 0. The fourth-order valence-electron chi connectivity index (χ4n) is 2.72. The quantitative estimate of drug-likeness (QED) is 0.197. The predicted octanol–water partition coefficient (Wildman–Crippen LogP) is 6.30. The number of nitro benzene ring substituents is 1. The van der Waals surface area contributed by atoms with E-state index in [1.54, 1.807) is 48.5 Å². The van der Waals surface area contributed by atoms with E-state index in [2.05, 4.69) is 0 Å². The van der Waals surface area contributed by atoms with Gasteiger partial charge in [-0.25, -0.2) is 8.78 Å². The second-order valence-electron chi connectivity index (χ2n) is 7.15. The van der Waals surface area contributed by atoms with Crippen molar-refractivity contribution in [1.29, 1.82) is 0 Å². The van der Waals surface area contributed by atoms with Crippen LogP contribution in [0.1, 0.15) is 11.1 Å². The van der Waals surface area contributed by atoms with Crippen LogP contribution in [0, 0.1) is 21.7 Å². The summed E-state index contributed by atoms with van der Waals surface area (Å²) in [6.07, 6.45) is 0. The van der Waals surface area contributed by atoms with E-state index in [9.17, 15) is 18.9 Å². The number of rotatable bonds is 7. The van der Waals surface area contributed by atoms with Crippen LogP contribution in [0.4, 0.5) is 20.2 Å². The van der Waals surface area contributed by atoms with Crippen molar-refractivity contribution in [1.82, 2.24) is 0 Å². The zero-order valence-corrected chi connectivity index (χ0v) is 18.1. The maximum absolute atomic E-state index is 12.7. The number of non-ortho nitro benzene ring substituents is 1. The first-order valence-corrected chi connectivity index (χ1v) is 10.2. The number of nitro groups is 1. The van der Waals surface area contributed by atoms with Gasteiger partial charge < -0.3 is 15.2 Å². The molecule has 0 aliphatic carbocycles. The van der Waals surface area contributed by atoms with E-state index in [0.717, 1.165) is 16.9 Å². The van der Waals surface area contributed by atoms with Crippen LogP contribution in [0.25, 0.3) is 0 Å². The lowest BCUT2D eigenvalue weighted by Crippen LogP contribution is -1.95. The Labute approximate surface area is 195 Å². The molecule has 0 saturated heterocycles. The van der Waals surface area contributed by atoms with Crippen LogP contribution in [0.15, 0.2) is 97.1 Å². The van der Waals surface area contributed by atoms with E-state index >= 15 is 0 Å². The molecule has 0 spiro atoms. The Balaban J connectivity index is 0.000000192. The summed E-state index contributed by atoms with van der Waals surface area (Å²) >= 11 is 0. The highest BCUT2D eigenvalue weighted by Crippen LogP contribution is 2.18. The molecule has 34 heavy (non-hydrogen) atoms. The van der Waals surface area contributed by atoms with Crippen LogP contribution in [0.5, 0.6) is 11.5 Å². The van der Waals surface area contributed by atoms with Gasteiger partial charge in [-0.2, -0.15) is 0 Å². The lowest BCUT2D eigenvalue weighted by atomic mass is 10.2. The van der Waals surface area contributed by atoms with Gasteiger partial charge in [0, 0.05) is 17.8 Å². The van der Waals surface area contributed by atoms with E-state index in [1.165, 1.54) is 48.5 Å². The SMILES string of the molecule is Nc1ccc(OCc2ccc(F)cc2)cc1.O=[N+]([O-])c1ccc(OCc2ccc(F)cc2)cc1. The smallest absolute Gasteiger partial charge is 0.269 e. The van der Waals surface area contributed by atoms with Gasteiger partial charge in [0.1, 0.15) is 36.3 Å². The van der Waals surface area contributed by atoms with Crippen molar-refractivity contribution in [3.8, 4) is 11.5 Å². The Hall–Kier alpha value is -4.46. The van der Waals surface area contributed by atoms with Crippen LogP contribution in [0.2, 0.25) is 0 Å². The highest BCUT2D eigenvalue weighted by atomic mass is 19.1. The average Bonchev–Trinajstić information content (AvgIpc) is 2.85. The number of halogens is 2. The van der Waals surface area contributed by atoms with Gasteiger partial charge in [-0.3, -0.25) is 10.1 Å². The summed E-state index contributed by atoms with van der Waals surface area (Å²) in [5.74, 6) is 0.744. The van der Waals surface area contributed by atoms with E-state index < -0.39 is 4.92 Å². The molecule has 0 atom stereocenters. The third-order valence-electron chi connectivity index (χ3n) is 4.57. The molecular weight excluding hydrogens is 442 g/mol. The second-order valence-corrected chi connectivity index (χ2v) is 7.15. The molecule has 0 radical (unpaired) electrons. The molecule has 2 N–H and O–H groups in total. The zero-order chi connectivity index (χ0) is 24.3. The number of benzene rings is 4. The van der Waals surface area contributed by atoms with Gasteiger partial charge in [-0.05, 0) is 71.8 Å². The van der Waals surface area contributed by atoms with Crippen molar-refractivity contribution in [3.05, 3.63) is 130 Å². The molecule has 0 amide bonds. The Morgan fingerprint density at radius 2 is 1.03 bits per heavy atom. The summed E-state index contributed by atoms with van der Waals surface area (Å²) in [5.41, 5.74) is 8.03. The van der Waals surface area contributed by atoms with Crippen LogP contribution in [0.3, 0.4) is 0 Å². The minimum atomic E-state index is -0.468. The molecule has 0 bridgehead atoms. The summed E-state index contributed by atoms with van der Waals surface area (Å²) in [5, 5.41) is 10.5. The lowest BCUT2D eigenvalue weighted by Gasteiger charge is -2.06. The molecule has 4 rings (SSSR count). The summed E-state index contributed by atoms with van der Waals surface area (Å²) in [4.78, 5) is 9.98. The molecule has 8 heteroatoms. The van der Waals surface area contributed by atoms with Gasteiger partial charge in [-0.15, -0.1) is 0 Å². The molecule has 0 aliphatic rings. The van der Waals surface area contributed by atoms with E-state index in [-0.39, 0.29) is 23.9 Å². The topological polar surface area (TPSA) is 87.6 Å². The number of ether oxygens (including phenoxy) is 2. The molecule has 4 aromatic carbocycles. The monoisotopic (exact) mass is 464 g/mol. The largest absolute Gasteiger partial charge is 0.489 e. The van der Waals surface area contributed by atoms with E-state index in [1.807, 2.05) is 0 Å². The first-order chi connectivity index (χ1) is 16.4. The van der Waals surface area contributed by atoms with Gasteiger partial charge in [0.25, 0.3) is 5.69 Å². The Kier molecular flexibility index (Phi) is 8.51. The third kappa shape index (κ3) is 7.90. The Morgan fingerprint density at radius 3 is 1.41 bits per heavy atom. The van der Waals surface area contributed by atoms with Crippen LogP contribution >= 0.6 is 0 Å². The fourth-order valence-corrected chi connectivity index (χ4v) is 2.72. The normalized spacial score (nSPS) is 10.1. The van der Waals surface area contributed by atoms with Gasteiger partial charge >= 0.3 is 0 Å². The first-order valence-electron chi connectivity index (χ1n) is 10.2.